The van der Waals surface area contributed by atoms with Crippen molar-refractivity contribution in [2.24, 2.45) is 0 Å². The smallest absolute Gasteiger partial charge is 0.127 e. The monoisotopic (exact) mass is 164 g/mol. The average Bonchev–Trinajstić information content (AvgIpc) is 2.32. The highest BCUT2D eigenvalue weighted by atomic mass is 28.3. The Bertz CT molecular complexity index is 219. The normalized spacial score (nSPS) is 17.2. The molecule has 0 saturated carbocycles. The fourth-order valence-corrected chi connectivity index (χ4v) is 1.59. The molecule has 1 aliphatic rings. The predicted molar refractivity (Wildman–Crippen MR) is 53.1 cm³/mol. The van der Waals surface area contributed by atoms with Crippen molar-refractivity contribution in [1.29, 1.82) is 0 Å². The van der Waals surface area contributed by atoms with E-state index in [-0.39, 0.29) is 0 Å². The summed E-state index contributed by atoms with van der Waals surface area (Å²) in [6.45, 7) is 6.86. The van der Waals surface area contributed by atoms with E-state index >= 15 is 0 Å². The third kappa shape index (κ3) is 3.43. The number of rotatable bonds is 0. The first kappa shape index (κ1) is 8.61. The van der Waals surface area contributed by atoms with Gasteiger partial charge in [0, 0.05) is 0 Å². The summed E-state index contributed by atoms with van der Waals surface area (Å²) in [5.74, 6) is 3.29. The van der Waals surface area contributed by atoms with E-state index in [2.05, 4.69) is 37.2 Å². The molecule has 60 valence electrons. The van der Waals surface area contributed by atoms with Gasteiger partial charge in [-0.1, -0.05) is 31.6 Å². The van der Waals surface area contributed by atoms with Crippen LogP contribution in [0.5, 0.6) is 0 Å². The summed E-state index contributed by atoms with van der Waals surface area (Å²) in [7, 11) is -1.13. The molecule has 0 unspecified atom stereocenters. The summed E-state index contributed by atoms with van der Waals surface area (Å²) in [5.41, 5.74) is 4.77. The molecule has 0 radical (unpaired) electrons. The second kappa shape index (κ2) is 3.28. The maximum absolute atomic E-state index is 3.38. The molecule has 0 aromatic carbocycles. The predicted octanol–water partition coefficient (Wildman–Crippen LogP) is 2.98. The molecule has 0 heterocycles. The van der Waals surface area contributed by atoms with Gasteiger partial charge in [-0.2, -0.15) is 0 Å². The van der Waals surface area contributed by atoms with Crippen molar-refractivity contribution >= 4 is 8.07 Å². The molecule has 0 bridgehead atoms. The van der Waals surface area contributed by atoms with E-state index < -0.39 is 8.07 Å². The quantitative estimate of drug-likeness (QED) is 0.381. The van der Waals surface area contributed by atoms with Crippen LogP contribution in [0.3, 0.4) is 0 Å². The molecule has 0 N–H and O–H groups in total. The van der Waals surface area contributed by atoms with Crippen LogP contribution in [-0.2, 0) is 0 Å². The Balaban J connectivity index is 2.56. The van der Waals surface area contributed by atoms with Crippen molar-refractivity contribution in [3.05, 3.63) is 11.6 Å². The van der Waals surface area contributed by atoms with Crippen LogP contribution >= 0.6 is 0 Å². The molecule has 0 saturated heterocycles. The van der Waals surface area contributed by atoms with Crippen molar-refractivity contribution < 1.29 is 0 Å². The van der Waals surface area contributed by atoms with E-state index in [0.29, 0.717) is 0 Å². The first-order valence-electron chi connectivity index (χ1n) is 4.30. The zero-order chi connectivity index (χ0) is 8.32. The minimum atomic E-state index is -1.13. The highest BCUT2D eigenvalue weighted by Gasteiger charge is 2.08. The van der Waals surface area contributed by atoms with E-state index in [1.165, 1.54) is 24.8 Å². The molecule has 1 heteroatoms. The SMILES string of the molecule is C[Si](C)(C)C#CC1=CCCC1. The minimum absolute atomic E-state index is 1.13. The second-order valence-electron chi connectivity index (χ2n) is 4.12. The zero-order valence-corrected chi connectivity index (χ0v) is 8.70. The van der Waals surface area contributed by atoms with Gasteiger partial charge in [-0.25, -0.2) is 0 Å². The summed E-state index contributed by atoms with van der Waals surface area (Å²) in [4.78, 5) is 0. The summed E-state index contributed by atoms with van der Waals surface area (Å²) in [5, 5.41) is 0. The van der Waals surface area contributed by atoms with E-state index in [9.17, 15) is 0 Å². The highest BCUT2D eigenvalue weighted by Crippen LogP contribution is 2.16. The Morgan fingerprint density at radius 1 is 1.36 bits per heavy atom. The van der Waals surface area contributed by atoms with E-state index in [1.54, 1.807) is 0 Å². The van der Waals surface area contributed by atoms with Crippen molar-refractivity contribution in [3.63, 3.8) is 0 Å². The van der Waals surface area contributed by atoms with Gasteiger partial charge < -0.3 is 0 Å². The molecule has 0 fully saturated rings. The van der Waals surface area contributed by atoms with Crippen molar-refractivity contribution in [1.82, 2.24) is 0 Å². The second-order valence-corrected chi connectivity index (χ2v) is 8.87. The lowest BCUT2D eigenvalue weighted by Crippen LogP contribution is -2.16. The molecule has 0 aliphatic heterocycles. The first-order chi connectivity index (χ1) is 5.08. The molecule has 0 atom stereocenters. The Kier molecular flexibility index (Phi) is 2.56. The molecule has 1 rings (SSSR count). The van der Waals surface area contributed by atoms with Crippen LogP contribution < -0.4 is 0 Å². The van der Waals surface area contributed by atoms with E-state index in [1.807, 2.05) is 0 Å². The van der Waals surface area contributed by atoms with Gasteiger partial charge in [0.1, 0.15) is 8.07 Å². The lowest BCUT2D eigenvalue weighted by Gasteiger charge is -2.03. The summed E-state index contributed by atoms with van der Waals surface area (Å²) in [6, 6.07) is 0. The maximum Gasteiger partial charge on any atom is 0.129 e. The van der Waals surface area contributed by atoms with Crippen LogP contribution in [0.1, 0.15) is 19.3 Å². The molecular weight excluding hydrogens is 148 g/mol. The lowest BCUT2D eigenvalue weighted by molar-refractivity contribution is 0.919. The van der Waals surface area contributed by atoms with Crippen LogP contribution in [0.15, 0.2) is 11.6 Å². The van der Waals surface area contributed by atoms with Crippen molar-refractivity contribution in [2.75, 3.05) is 0 Å². The summed E-state index contributed by atoms with van der Waals surface area (Å²) < 4.78 is 0. The van der Waals surface area contributed by atoms with Gasteiger partial charge in [0.15, 0.2) is 0 Å². The molecule has 0 nitrogen and oxygen atoms in total. The Hall–Kier alpha value is -0.483. The zero-order valence-electron chi connectivity index (χ0n) is 7.70. The lowest BCUT2D eigenvalue weighted by atomic mass is 10.2. The van der Waals surface area contributed by atoms with Crippen LogP contribution in [0.4, 0.5) is 0 Å². The molecular formula is C10H16Si. The number of hydrogen-bond acceptors (Lipinski definition) is 0. The minimum Gasteiger partial charge on any atom is -0.127 e. The topological polar surface area (TPSA) is 0 Å². The third-order valence-corrected chi connectivity index (χ3v) is 2.51. The van der Waals surface area contributed by atoms with Crippen LogP contribution in [0, 0.1) is 11.5 Å². The van der Waals surface area contributed by atoms with Gasteiger partial charge in [-0.15, -0.1) is 5.54 Å². The molecule has 0 amide bonds. The van der Waals surface area contributed by atoms with Crippen molar-refractivity contribution in [2.45, 2.75) is 38.9 Å². The standard InChI is InChI=1S/C10H16Si/c1-11(2,3)9-8-10-6-4-5-7-10/h6H,4-5,7H2,1-3H3. The summed E-state index contributed by atoms with van der Waals surface area (Å²) >= 11 is 0. The summed E-state index contributed by atoms with van der Waals surface area (Å²) in [6.07, 6.45) is 6.07. The number of allylic oxidation sites excluding steroid dienone is 2. The molecule has 0 aromatic rings. The fourth-order valence-electron chi connectivity index (χ4n) is 1.05. The van der Waals surface area contributed by atoms with Gasteiger partial charge in [0.25, 0.3) is 0 Å². The van der Waals surface area contributed by atoms with Gasteiger partial charge in [-0.05, 0) is 24.8 Å². The maximum atomic E-state index is 3.38. The number of hydrogen-bond donors (Lipinski definition) is 0. The van der Waals surface area contributed by atoms with Crippen LogP contribution in [0.25, 0.3) is 0 Å². The van der Waals surface area contributed by atoms with Crippen LogP contribution in [0.2, 0.25) is 19.6 Å². The average molecular weight is 164 g/mol. The van der Waals surface area contributed by atoms with Gasteiger partial charge in [-0.3, -0.25) is 0 Å². The Labute approximate surface area is 70.7 Å². The molecule has 1 aliphatic carbocycles. The third-order valence-electron chi connectivity index (χ3n) is 1.64. The van der Waals surface area contributed by atoms with Gasteiger partial charge in [0.2, 0.25) is 0 Å². The highest BCUT2D eigenvalue weighted by molar-refractivity contribution is 6.83. The van der Waals surface area contributed by atoms with Gasteiger partial charge >= 0.3 is 0 Å². The largest absolute Gasteiger partial charge is 0.129 e. The molecule has 11 heavy (non-hydrogen) atoms. The van der Waals surface area contributed by atoms with Crippen molar-refractivity contribution in [3.8, 4) is 11.5 Å². The van der Waals surface area contributed by atoms with E-state index in [0.717, 1.165) is 0 Å². The van der Waals surface area contributed by atoms with Crippen LogP contribution in [-0.4, -0.2) is 8.07 Å². The fraction of sp³-hybridized carbons (Fsp3) is 0.600. The Morgan fingerprint density at radius 2 is 2.09 bits per heavy atom. The first-order valence-corrected chi connectivity index (χ1v) is 7.80. The molecule has 0 aromatic heterocycles. The van der Waals surface area contributed by atoms with Gasteiger partial charge in [0.05, 0.1) is 0 Å². The van der Waals surface area contributed by atoms with E-state index in [4.69, 9.17) is 0 Å². The molecule has 0 spiro atoms. The Morgan fingerprint density at radius 3 is 2.55 bits per heavy atom.